The van der Waals surface area contributed by atoms with Crippen molar-refractivity contribution in [2.24, 2.45) is 0 Å². The summed E-state index contributed by atoms with van der Waals surface area (Å²) in [7, 11) is 0. The fraction of sp³-hybridized carbons (Fsp3) is 0.757. The smallest absolute Gasteiger partial charge is 0.317 e. The molecule has 5 aliphatic rings. The van der Waals surface area contributed by atoms with E-state index in [9.17, 15) is 29.7 Å². The van der Waals surface area contributed by atoms with Crippen LogP contribution in [0.15, 0.2) is 24.3 Å². The molecule has 0 unspecified atom stereocenters. The Hall–Kier alpha value is -2.61. The Kier molecular flexibility index (Phi) is 13.9. The summed E-state index contributed by atoms with van der Waals surface area (Å²) < 4.78 is 13.5. The molecule has 3 N–H and O–H groups in total. The molecule has 12 nitrogen and oxygen atoms in total. The molecule has 3 saturated heterocycles. The van der Waals surface area contributed by atoms with E-state index in [1.807, 2.05) is 9.80 Å². The third kappa shape index (κ3) is 11.7. The predicted octanol–water partition coefficient (Wildman–Crippen LogP) is 4.28. The molecule has 3 aliphatic heterocycles. The van der Waals surface area contributed by atoms with Crippen molar-refractivity contribution in [3.63, 3.8) is 0 Å². The SMILES string of the molecule is O=C(O)CN1CCN(CC(=O)O)CCN(Cc2ccc(C3OC45CCCCCCCCCCCC(C4)(C5)O3)cc2)CCN(CC(=O)O)CC1. The van der Waals surface area contributed by atoms with Crippen LogP contribution >= 0.6 is 0 Å². The van der Waals surface area contributed by atoms with E-state index in [1.54, 1.807) is 4.90 Å². The van der Waals surface area contributed by atoms with Gasteiger partial charge in [-0.15, -0.1) is 0 Å². The molecule has 0 atom stereocenters. The Morgan fingerprint density at radius 2 is 0.898 bits per heavy atom. The van der Waals surface area contributed by atoms with Gasteiger partial charge in [0.25, 0.3) is 0 Å². The summed E-state index contributed by atoms with van der Waals surface area (Å²) in [6.45, 7) is 3.97. The highest BCUT2D eigenvalue weighted by atomic mass is 16.7. The number of aliphatic carboxylic acids is 3. The molecule has 1 aromatic carbocycles. The molecular formula is C37H58N4O8. The van der Waals surface area contributed by atoms with Crippen molar-refractivity contribution in [1.29, 1.82) is 0 Å². The molecule has 0 radical (unpaired) electrons. The Morgan fingerprint density at radius 3 is 1.27 bits per heavy atom. The van der Waals surface area contributed by atoms with Gasteiger partial charge < -0.3 is 24.8 Å². The minimum absolute atomic E-state index is 0.0700. The zero-order chi connectivity index (χ0) is 34.7. The number of ether oxygens (including phenoxy) is 2. The van der Waals surface area contributed by atoms with Crippen LogP contribution in [0.2, 0.25) is 0 Å². The zero-order valence-electron chi connectivity index (χ0n) is 29.2. The summed E-state index contributed by atoms with van der Waals surface area (Å²) in [5, 5.41) is 28.5. The van der Waals surface area contributed by atoms with Crippen LogP contribution in [0.5, 0.6) is 0 Å². The molecule has 49 heavy (non-hydrogen) atoms. The summed E-state index contributed by atoms with van der Waals surface area (Å²) in [6.07, 6.45) is 15.6. The molecule has 274 valence electrons. The van der Waals surface area contributed by atoms with Crippen LogP contribution in [-0.2, 0) is 30.4 Å². The highest BCUT2D eigenvalue weighted by molar-refractivity contribution is 5.69. The summed E-state index contributed by atoms with van der Waals surface area (Å²) in [5.41, 5.74) is 2.01. The molecule has 0 aromatic heterocycles. The highest BCUT2D eigenvalue weighted by Crippen LogP contribution is 2.59. The number of hydrogen-bond donors (Lipinski definition) is 3. The van der Waals surface area contributed by atoms with Gasteiger partial charge in [0, 0.05) is 77.3 Å². The van der Waals surface area contributed by atoms with Crippen molar-refractivity contribution in [2.45, 2.75) is 108 Å². The van der Waals surface area contributed by atoms with E-state index in [0.717, 1.165) is 36.8 Å². The fourth-order valence-corrected chi connectivity index (χ4v) is 8.33. The van der Waals surface area contributed by atoms with Gasteiger partial charge in [0.1, 0.15) is 0 Å². The van der Waals surface area contributed by atoms with Crippen LogP contribution in [0.1, 0.15) is 101 Å². The maximum absolute atomic E-state index is 11.6. The van der Waals surface area contributed by atoms with Crippen LogP contribution in [0.25, 0.3) is 0 Å². The third-order valence-corrected chi connectivity index (χ3v) is 10.9. The van der Waals surface area contributed by atoms with Crippen molar-refractivity contribution in [3.05, 3.63) is 35.4 Å². The number of carboxylic acid groups (broad SMARTS) is 3. The van der Waals surface area contributed by atoms with Gasteiger partial charge in [-0.2, -0.15) is 0 Å². The minimum Gasteiger partial charge on any atom is -0.480 e. The molecule has 6 rings (SSSR count). The van der Waals surface area contributed by atoms with Gasteiger partial charge in [-0.3, -0.25) is 34.0 Å². The van der Waals surface area contributed by atoms with Crippen LogP contribution in [0.3, 0.4) is 0 Å². The van der Waals surface area contributed by atoms with E-state index >= 15 is 0 Å². The molecule has 5 fully saturated rings. The summed E-state index contributed by atoms with van der Waals surface area (Å²) in [5.74, 6) is -2.81. The lowest BCUT2D eigenvalue weighted by atomic mass is 9.62. The van der Waals surface area contributed by atoms with Crippen LogP contribution in [-0.4, -0.2) is 136 Å². The van der Waals surface area contributed by atoms with Crippen molar-refractivity contribution < 1.29 is 39.2 Å². The van der Waals surface area contributed by atoms with E-state index in [0.29, 0.717) is 58.9 Å². The van der Waals surface area contributed by atoms with Gasteiger partial charge in [0.05, 0.1) is 30.8 Å². The first-order valence-electron chi connectivity index (χ1n) is 18.6. The predicted molar refractivity (Wildman–Crippen MR) is 184 cm³/mol. The Morgan fingerprint density at radius 1 is 0.551 bits per heavy atom. The molecule has 3 heterocycles. The van der Waals surface area contributed by atoms with Crippen molar-refractivity contribution in [2.75, 3.05) is 72.0 Å². The number of fused-ring (bicyclic) bond motifs is 2. The fourth-order valence-electron chi connectivity index (χ4n) is 8.33. The molecule has 2 aliphatic carbocycles. The summed E-state index contributed by atoms with van der Waals surface area (Å²) in [6, 6.07) is 8.48. The highest BCUT2D eigenvalue weighted by Gasteiger charge is 2.61. The van der Waals surface area contributed by atoms with Crippen LogP contribution in [0.4, 0.5) is 0 Å². The van der Waals surface area contributed by atoms with E-state index < -0.39 is 17.9 Å². The molecular weight excluding hydrogens is 628 g/mol. The van der Waals surface area contributed by atoms with Crippen LogP contribution in [0, 0.1) is 0 Å². The zero-order valence-corrected chi connectivity index (χ0v) is 29.2. The van der Waals surface area contributed by atoms with Crippen LogP contribution < -0.4 is 0 Å². The Labute approximate surface area is 291 Å². The van der Waals surface area contributed by atoms with Gasteiger partial charge in [-0.1, -0.05) is 82.1 Å². The Balaban J connectivity index is 1.24. The number of carbonyl (C=O) groups is 3. The van der Waals surface area contributed by atoms with Gasteiger partial charge in [0.15, 0.2) is 6.29 Å². The number of benzene rings is 1. The second-order valence-corrected chi connectivity index (χ2v) is 15.0. The molecule has 12 heteroatoms. The van der Waals surface area contributed by atoms with Crippen molar-refractivity contribution >= 4 is 17.9 Å². The van der Waals surface area contributed by atoms with Gasteiger partial charge in [-0.25, -0.2) is 0 Å². The van der Waals surface area contributed by atoms with Crippen molar-refractivity contribution in [1.82, 2.24) is 19.6 Å². The van der Waals surface area contributed by atoms with E-state index in [2.05, 4.69) is 29.2 Å². The molecule has 2 bridgehead atoms. The maximum Gasteiger partial charge on any atom is 0.317 e. The van der Waals surface area contributed by atoms with E-state index in [-0.39, 0.29) is 37.1 Å². The minimum atomic E-state index is -0.965. The lowest BCUT2D eigenvalue weighted by Crippen LogP contribution is -2.64. The summed E-state index contributed by atoms with van der Waals surface area (Å²) >= 11 is 0. The molecule has 2 saturated carbocycles. The van der Waals surface area contributed by atoms with Gasteiger partial charge in [0.2, 0.25) is 0 Å². The monoisotopic (exact) mass is 686 g/mol. The van der Waals surface area contributed by atoms with E-state index in [1.165, 1.54) is 57.8 Å². The third-order valence-electron chi connectivity index (χ3n) is 10.9. The quantitative estimate of drug-likeness (QED) is 0.341. The standard InChI is InChI=1S/C37H58N4O8/c42-32(43)25-39-18-16-38(17-19-40(26-33(44)45)21-23-41(22-20-39)27-34(46)47)24-30-10-12-31(13-11-30)35-48-36-14-8-6-4-2-1-3-5-7-9-15-37(28-36,29-36)49-35/h10-13,35H,1-9,14-29H2,(H,42,43)(H,44,45)(H,46,47). The maximum atomic E-state index is 11.6. The molecule has 0 spiro atoms. The van der Waals surface area contributed by atoms with E-state index in [4.69, 9.17) is 9.47 Å². The first kappa shape index (κ1) is 37.6. The van der Waals surface area contributed by atoms with Gasteiger partial charge in [-0.05, 0) is 18.4 Å². The number of rotatable bonds is 9. The number of carboxylic acids is 3. The summed E-state index contributed by atoms with van der Waals surface area (Å²) in [4.78, 5) is 42.5. The normalized spacial score (nSPS) is 29.4. The lowest BCUT2D eigenvalue weighted by Gasteiger charge is -2.62. The van der Waals surface area contributed by atoms with Gasteiger partial charge >= 0.3 is 17.9 Å². The first-order valence-corrected chi connectivity index (χ1v) is 18.6. The second-order valence-electron chi connectivity index (χ2n) is 15.0. The number of hydrogen-bond acceptors (Lipinski definition) is 9. The average molecular weight is 687 g/mol. The molecule has 0 amide bonds. The number of nitrogens with zero attached hydrogens (tertiary/aromatic N) is 4. The topological polar surface area (TPSA) is 143 Å². The average Bonchev–Trinajstić information content (AvgIpc) is 3.03. The first-order chi connectivity index (χ1) is 23.6. The lowest BCUT2D eigenvalue weighted by molar-refractivity contribution is -0.396. The molecule has 1 aromatic rings. The van der Waals surface area contributed by atoms with Crippen molar-refractivity contribution in [3.8, 4) is 0 Å². The second kappa shape index (κ2) is 18.1. The Bertz CT molecular complexity index is 1170. The largest absolute Gasteiger partial charge is 0.480 e.